The highest BCUT2D eigenvalue weighted by Gasteiger charge is 2.32. The first-order valence-electron chi connectivity index (χ1n) is 13.8. The Bertz CT molecular complexity index is 1010. The van der Waals surface area contributed by atoms with E-state index in [0.717, 1.165) is 36.8 Å². The molecule has 0 spiro atoms. The van der Waals surface area contributed by atoms with E-state index >= 15 is 0 Å². The second-order valence-electron chi connectivity index (χ2n) is 10.1. The number of benzene rings is 2. The number of ether oxygens (including phenoxy) is 2. The fourth-order valence-corrected chi connectivity index (χ4v) is 5.71. The summed E-state index contributed by atoms with van der Waals surface area (Å²) in [6, 6.07) is 20.1. The van der Waals surface area contributed by atoms with E-state index in [1.165, 1.54) is 52.7 Å². The quantitative estimate of drug-likeness (QED) is 0.115. The van der Waals surface area contributed by atoms with Crippen molar-refractivity contribution >= 4 is 77.3 Å². The molecule has 8 nitrogen and oxygen atoms in total. The van der Waals surface area contributed by atoms with Crippen LogP contribution in [0.15, 0.2) is 60.7 Å². The van der Waals surface area contributed by atoms with Crippen molar-refractivity contribution in [1.82, 2.24) is 0 Å². The largest absolute Gasteiger partial charge is 0.469 e. The maximum atomic E-state index is 12.0. The third kappa shape index (κ3) is 16.2. The Balaban J connectivity index is 0.000000645. The molecule has 2 aliphatic carbocycles. The third-order valence-corrected chi connectivity index (χ3v) is 7.47. The minimum atomic E-state index is -4.67. The van der Waals surface area contributed by atoms with Gasteiger partial charge in [-0.2, -0.15) is 8.42 Å². The maximum Gasteiger partial charge on any atom is 0.394 e. The van der Waals surface area contributed by atoms with Crippen LogP contribution < -0.4 is 0 Å². The molecule has 2 fully saturated rings. The van der Waals surface area contributed by atoms with Crippen molar-refractivity contribution in [2.45, 2.75) is 76.0 Å². The average molecular weight is 851 g/mol. The van der Waals surface area contributed by atoms with Gasteiger partial charge >= 0.3 is 22.3 Å². The third-order valence-electron chi connectivity index (χ3n) is 7.47. The lowest BCUT2D eigenvalue weighted by molar-refractivity contribution is -0.145. The smallest absolute Gasteiger partial charge is 0.394 e. The molecule has 0 bridgehead atoms. The van der Waals surface area contributed by atoms with Crippen LogP contribution in [0.2, 0.25) is 0 Å². The molecular weight excluding hydrogens is 806 g/mol. The molecule has 0 heterocycles. The molecule has 0 saturated heterocycles. The SMILES string of the molecule is COC(=O)C(c1ccccc1)C1CCCCC1.COC(=O)C(c1ccccc1)C1CCCCC1.I.O=S(=O)(O)O.SI. The van der Waals surface area contributed by atoms with Gasteiger partial charge in [0, 0.05) is 0 Å². The van der Waals surface area contributed by atoms with Gasteiger partial charge < -0.3 is 9.47 Å². The highest BCUT2D eigenvalue weighted by molar-refractivity contribution is 14.2. The summed E-state index contributed by atoms with van der Waals surface area (Å²) in [5.74, 6) is 0.617. The van der Waals surface area contributed by atoms with Crippen LogP contribution in [0.25, 0.3) is 0 Å². The minimum Gasteiger partial charge on any atom is -0.469 e. The van der Waals surface area contributed by atoms with Crippen molar-refractivity contribution in [3.63, 3.8) is 0 Å². The van der Waals surface area contributed by atoms with Crippen molar-refractivity contribution in [1.29, 1.82) is 0 Å². The highest BCUT2D eigenvalue weighted by atomic mass is 127. The second kappa shape index (κ2) is 23.4. The first-order chi connectivity index (χ1) is 19.7. The second-order valence-corrected chi connectivity index (χ2v) is 11.0. The lowest BCUT2D eigenvalue weighted by atomic mass is 9.77. The number of carbonyl (C=O) groups is 2. The van der Waals surface area contributed by atoms with Crippen LogP contribution >= 0.6 is 55.0 Å². The van der Waals surface area contributed by atoms with E-state index < -0.39 is 10.4 Å². The van der Waals surface area contributed by atoms with E-state index in [2.05, 4.69) is 9.80 Å². The van der Waals surface area contributed by atoms with Gasteiger partial charge in [-0.05, 0) is 69.9 Å². The first-order valence-corrected chi connectivity index (χ1v) is 18.4. The molecule has 2 saturated carbocycles. The first kappa shape index (κ1) is 41.1. The van der Waals surface area contributed by atoms with Crippen molar-refractivity contribution in [3.05, 3.63) is 71.8 Å². The van der Waals surface area contributed by atoms with Gasteiger partial charge in [-0.25, -0.2) is 0 Å². The Morgan fingerprint density at radius 3 is 1.19 bits per heavy atom. The lowest BCUT2D eigenvalue weighted by Gasteiger charge is -2.28. The van der Waals surface area contributed by atoms with Crippen LogP contribution in [0.4, 0.5) is 0 Å². The lowest BCUT2D eigenvalue weighted by Crippen LogP contribution is -2.24. The summed E-state index contributed by atoms with van der Waals surface area (Å²) in [5.41, 5.74) is 2.21. The van der Waals surface area contributed by atoms with Gasteiger partial charge in [0.2, 0.25) is 0 Å². The van der Waals surface area contributed by atoms with Crippen LogP contribution in [0.1, 0.15) is 87.2 Å². The number of hydrogen-bond acceptors (Lipinski definition) is 7. The molecule has 238 valence electrons. The summed E-state index contributed by atoms with van der Waals surface area (Å²) in [6.07, 6.45) is 12.2. The van der Waals surface area contributed by atoms with Gasteiger partial charge in [0.25, 0.3) is 0 Å². The predicted molar refractivity (Wildman–Crippen MR) is 188 cm³/mol. The predicted octanol–water partition coefficient (Wildman–Crippen LogP) is 8.28. The zero-order chi connectivity index (χ0) is 30.7. The summed E-state index contributed by atoms with van der Waals surface area (Å²) in [4.78, 5) is 24.0. The monoisotopic (exact) mass is 850 g/mol. The highest BCUT2D eigenvalue weighted by Crippen LogP contribution is 2.37. The van der Waals surface area contributed by atoms with Gasteiger partial charge in [-0.3, -0.25) is 18.7 Å². The van der Waals surface area contributed by atoms with Crippen LogP contribution in [-0.4, -0.2) is 43.7 Å². The molecule has 2 atom stereocenters. The van der Waals surface area contributed by atoms with Gasteiger partial charge in [-0.1, -0.05) is 99.2 Å². The summed E-state index contributed by atoms with van der Waals surface area (Å²) in [7, 11) is 1.81. The van der Waals surface area contributed by atoms with E-state index in [9.17, 15) is 9.59 Å². The molecule has 2 aromatic carbocycles. The molecule has 2 unspecified atom stereocenters. The number of methoxy groups -OCH3 is 2. The summed E-state index contributed by atoms with van der Waals surface area (Å²) in [5, 5.41) is 0. The van der Waals surface area contributed by atoms with Crippen molar-refractivity contribution < 1.29 is 36.6 Å². The van der Waals surface area contributed by atoms with Gasteiger partial charge in [-0.15, -0.1) is 33.8 Å². The number of hydrogen-bond donors (Lipinski definition) is 3. The van der Waals surface area contributed by atoms with E-state index in [4.69, 9.17) is 27.0 Å². The minimum absolute atomic E-state index is 0. The Labute approximate surface area is 285 Å². The van der Waals surface area contributed by atoms with Gasteiger partial charge in [0.05, 0.1) is 26.1 Å². The number of halogens is 2. The van der Waals surface area contributed by atoms with Crippen LogP contribution in [0.5, 0.6) is 0 Å². The van der Waals surface area contributed by atoms with Crippen LogP contribution in [-0.2, 0) is 29.5 Å². The summed E-state index contributed by atoms with van der Waals surface area (Å²) < 4.78 is 41.5. The average Bonchev–Trinajstić information content (AvgIpc) is 3.00. The van der Waals surface area contributed by atoms with Crippen LogP contribution in [0, 0.1) is 11.8 Å². The molecule has 4 rings (SSSR count). The van der Waals surface area contributed by atoms with Crippen LogP contribution in [0.3, 0.4) is 0 Å². The fourth-order valence-electron chi connectivity index (χ4n) is 5.71. The molecule has 2 aliphatic rings. The van der Waals surface area contributed by atoms with Gasteiger partial charge in [0.1, 0.15) is 0 Å². The van der Waals surface area contributed by atoms with Crippen molar-refractivity contribution in [2.75, 3.05) is 14.2 Å². The molecule has 0 aromatic heterocycles. The van der Waals surface area contributed by atoms with E-state index in [-0.39, 0.29) is 47.8 Å². The molecule has 0 amide bonds. The van der Waals surface area contributed by atoms with E-state index in [0.29, 0.717) is 11.8 Å². The molecule has 0 radical (unpaired) electrons. The zero-order valence-corrected chi connectivity index (χ0v) is 30.3. The molecule has 0 aliphatic heterocycles. The number of thiol groups is 1. The molecule has 2 aromatic rings. The molecule has 42 heavy (non-hydrogen) atoms. The maximum absolute atomic E-state index is 12.0. The Morgan fingerprint density at radius 2 is 0.952 bits per heavy atom. The molecular formula is C30H44I2O8S2. The normalized spacial score (nSPS) is 16.6. The van der Waals surface area contributed by atoms with Gasteiger partial charge in [0.15, 0.2) is 0 Å². The van der Waals surface area contributed by atoms with Crippen molar-refractivity contribution in [2.24, 2.45) is 11.8 Å². The number of carbonyl (C=O) groups excluding carboxylic acids is 2. The Morgan fingerprint density at radius 1 is 0.690 bits per heavy atom. The van der Waals surface area contributed by atoms with E-state index in [1.807, 2.05) is 81.9 Å². The van der Waals surface area contributed by atoms with E-state index in [1.54, 1.807) is 0 Å². The zero-order valence-electron chi connectivity index (χ0n) is 24.1. The topological polar surface area (TPSA) is 127 Å². The number of esters is 2. The fraction of sp³-hybridized carbons (Fsp3) is 0.533. The molecule has 2 N–H and O–H groups in total. The Kier molecular flexibility index (Phi) is 22.9. The number of rotatable bonds is 6. The standard InChI is InChI=1S/2C15H20O2.HIS.HI.H2O4S/c2*1-17-15(16)14(12-8-4-2-5-9-12)13-10-6-3-7-11-13;1-2;;1-5(2,3)4/h2*2,4-5,8-9,13-14H,3,6-7,10-11H2,1H3;2H;1H;(H2,1,2,3,4). The molecule has 12 heteroatoms. The van der Waals surface area contributed by atoms with Crippen molar-refractivity contribution in [3.8, 4) is 0 Å². The summed E-state index contributed by atoms with van der Waals surface area (Å²) >= 11 is 1.84. The Hall–Kier alpha value is -0.940. The summed E-state index contributed by atoms with van der Waals surface area (Å²) in [6.45, 7) is 0.